The fourth-order valence-electron chi connectivity index (χ4n) is 2.88. The lowest BCUT2D eigenvalue weighted by Gasteiger charge is -2.08. The highest BCUT2D eigenvalue weighted by Crippen LogP contribution is 2.29. The molecule has 6 nitrogen and oxygen atoms in total. The van der Waals surface area contributed by atoms with Crippen LogP contribution in [0, 0.1) is 11.6 Å². The van der Waals surface area contributed by atoms with Crippen molar-refractivity contribution in [1.29, 1.82) is 0 Å². The zero-order chi connectivity index (χ0) is 20.4. The molecule has 9 heteroatoms. The van der Waals surface area contributed by atoms with E-state index in [4.69, 9.17) is 4.42 Å². The van der Waals surface area contributed by atoms with Gasteiger partial charge in [0.1, 0.15) is 22.9 Å². The van der Waals surface area contributed by atoms with E-state index in [9.17, 15) is 13.6 Å². The summed E-state index contributed by atoms with van der Waals surface area (Å²) in [5.41, 5.74) is 0.284. The third-order valence-corrected chi connectivity index (χ3v) is 5.21. The average Bonchev–Trinajstić information content (AvgIpc) is 3.32. The van der Waals surface area contributed by atoms with Gasteiger partial charge in [0.05, 0.1) is 5.75 Å². The summed E-state index contributed by atoms with van der Waals surface area (Å²) in [6.07, 6.45) is 0. The van der Waals surface area contributed by atoms with Crippen molar-refractivity contribution in [2.45, 2.75) is 18.6 Å². The zero-order valence-corrected chi connectivity index (χ0v) is 16.2. The molecule has 148 valence electrons. The van der Waals surface area contributed by atoms with Crippen LogP contribution in [-0.2, 0) is 11.3 Å². The highest BCUT2D eigenvalue weighted by Gasteiger charge is 2.18. The topological polar surface area (TPSA) is 73.0 Å². The zero-order valence-electron chi connectivity index (χ0n) is 15.4. The van der Waals surface area contributed by atoms with E-state index in [1.54, 1.807) is 0 Å². The average molecular weight is 414 g/mol. The van der Waals surface area contributed by atoms with Gasteiger partial charge >= 0.3 is 0 Å². The van der Waals surface area contributed by atoms with Crippen molar-refractivity contribution in [3.63, 3.8) is 0 Å². The predicted octanol–water partition coefficient (Wildman–Crippen LogP) is 4.72. The summed E-state index contributed by atoms with van der Waals surface area (Å²) in [5, 5.41) is 12.0. The molecule has 1 amide bonds. The number of halogens is 2. The van der Waals surface area contributed by atoms with Crippen molar-refractivity contribution in [3.8, 4) is 11.6 Å². The van der Waals surface area contributed by atoms with Crippen LogP contribution in [0.5, 0.6) is 0 Å². The molecule has 0 unspecified atom stereocenters. The number of aromatic nitrogens is 3. The number of rotatable bonds is 6. The molecular weight excluding hydrogens is 398 g/mol. The van der Waals surface area contributed by atoms with E-state index in [0.29, 0.717) is 23.3 Å². The Labute approximate surface area is 168 Å². The maximum absolute atomic E-state index is 13.7. The third kappa shape index (κ3) is 3.86. The van der Waals surface area contributed by atoms with Crippen LogP contribution >= 0.6 is 11.8 Å². The van der Waals surface area contributed by atoms with Gasteiger partial charge in [0, 0.05) is 11.9 Å². The van der Waals surface area contributed by atoms with E-state index in [-0.39, 0.29) is 5.75 Å². The normalized spacial score (nSPS) is 11.1. The van der Waals surface area contributed by atoms with Crippen LogP contribution in [0.25, 0.3) is 22.6 Å². The smallest absolute Gasteiger partial charge is 0.235 e. The molecule has 0 aliphatic rings. The van der Waals surface area contributed by atoms with Crippen LogP contribution in [0.4, 0.5) is 14.5 Å². The van der Waals surface area contributed by atoms with Crippen molar-refractivity contribution in [2.75, 3.05) is 11.1 Å². The lowest BCUT2D eigenvalue weighted by Crippen LogP contribution is -2.16. The summed E-state index contributed by atoms with van der Waals surface area (Å²) in [6.45, 7) is 2.49. The van der Waals surface area contributed by atoms with Gasteiger partial charge in [0.2, 0.25) is 11.7 Å². The highest BCUT2D eigenvalue weighted by molar-refractivity contribution is 7.99. The van der Waals surface area contributed by atoms with Crippen LogP contribution in [0.2, 0.25) is 0 Å². The lowest BCUT2D eigenvalue weighted by molar-refractivity contribution is -0.113. The van der Waals surface area contributed by atoms with Gasteiger partial charge in [0.25, 0.3) is 0 Å². The Morgan fingerprint density at radius 2 is 1.90 bits per heavy atom. The number of nitrogens with zero attached hydrogens (tertiary/aromatic N) is 3. The quantitative estimate of drug-likeness (QED) is 0.462. The Kier molecular flexibility index (Phi) is 5.30. The maximum atomic E-state index is 13.7. The van der Waals surface area contributed by atoms with Gasteiger partial charge in [-0.05, 0) is 31.2 Å². The third-order valence-electron chi connectivity index (χ3n) is 4.24. The number of benzene rings is 2. The molecular formula is C20H16F2N4O2S. The molecule has 2 aromatic heterocycles. The van der Waals surface area contributed by atoms with Crippen LogP contribution < -0.4 is 5.32 Å². The van der Waals surface area contributed by atoms with E-state index in [1.165, 1.54) is 6.07 Å². The molecule has 1 N–H and O–H groups in total. The van der Waals surface area contributed by atoms with Gasteiger partial charge in [-0.15, -0.1) is 10.2 Å². The molecule has 4 rings (SSSR count). The molecule has 0 bridgehead atoms. The molecule has 0 saturated heterocycles. The van der Waals surface area contributed by atoms with Gasteiger partial charge in [0.15, 0.2) is 10.9 Å². The Balaban J connectivity index is 1.50. The minimum atomic E-state index is -0.827. The predicted molar refractivity (Wildman–Crippen MR) is 107 cm³/mol. The number of hydrogen-bond donors (Lipinski definition) is 1. The van der Waals surface area contributed by atoms with Gasteiger partial charge in [-0.1, -0.05) is 36.0 Å². The Bertz CT molecular complexity index is 1140. The van der Waals surface area contributed by atoms with Gasteiger partial charge in [-0.3, -0.25) is 9.36 Å². The number of para-hydroxylation sites is 2. The second kappa shape index (κ2) is 8.04. The van der Waals surface area contributed by atoms with Crippen molar-refractivity contribution >= 4 is 34.3 Å². The van der Waals surface area contributed by atoms with Crippen LogP contribution in [0.3, 0.4) is 0 Å². The first-order chi connectivity index (χ1) is 14.1. The summed E-state index contributed by atoms with van der Waals surface area (Å²) in [7, 11) is 0. The summed E-state index contributed by atoms with van der Waals surface area (Å²) >= 11 is 1.12. The fourth-order valence-corrected chi connectivity index (χ4v) is 3.68. The number of nitrogens with one attached hydrogen (secondary N) is 1. The molecule has 4 aromatic rings. The molecule has 2 heterocycles. The number of fused-ring (bicyclic) bond motifs is 1. The molecule has 0 spiro atoms. The van der Waals surface area contributed by atoms with Crippen molar-refractivity contribution in [1.82, 2.24) is 14.8 Å². The molecule has 0 aliphatic heterocycles. The van der Waals surface area contributed by atoms with Gasteiger partial charge < -0.3 is 9.73 Å². The largest absolute Gasteiger partial charge is 0.453 e. The lowest BCUT2D eigenvalue weighted by atomic mass is 10.2. The van der Waals surface area contributed by atoms with Crippen LogP contribution in [-0.4, -0.2) is 26.4 Å². The van der Waals surface area contributed by atoms with E-state index in [2.05, 4.69) is 15.5 Å². The first-order valence-electron chi connectivity index (χ1n) is 8.85. The van der Waals surface area contributed by atoms with Crippen LogP contribution in [0.15, 0.2) is 58.1 Å². The second-order valence-electron chi connectivity index (χ2n) is 6.13. The molecule has 0 saturated carbocycles. The monoisotopic (exact) mass is 414 g/mol. The summed E-state index contributed by atoms with van der Waals surface area (Å²) < 4.78 is 35.0. The summed E-state index contributed by atoms with van der Waals surface area (Å²) in [6, 6.07) is 12.9. The molecule has 2 aromatic carbocycles. The van der Waals surface area contributed by atoms with E-state index < -0.39 is 23.2 Å². The Hall–Kier alpha value is -3.20. The van der Waals surface area contributed by atoms with E-state index >= 15 is 0 Å². The number of carbonyl (C=O) groups is 1. The van der Waals surface area contributed by atoms with Gasteiger partial charge in [-0.25, -0.2) is 8.78 Å². The summed E-state index contributed by atoms with van der Waals surface area (Å²) in [5.74, 6) is -1.15. The Morgan fingerprint density at radius 1 is 1.14 bits per heavy atom. The van der Waals surface area contributed by atoms with E-state index in [1.807, 2.05) is 41.8 Å². The number of anilines is 1. The minimum absolute atomic E-state index is 0.0773. The summed E-state index contributed by atoms with van der Waals surface area (Å²) in [4.78, 5) is 12.1. The van der Waals surface area contributed by atoms with E-state index in [0.717, 1.165) is 34.9 Å². The number of amides is 1. The number of thioether (sulfide) groups is 1. The highest BCUT2D eigenvalue weighted by atomic mass is 32.2. The van der Waals surface area contributed by atoms with Gasteiger partial charge in [-0.2, -0.15) is 0 Å². The van der Waals surface area contributed by atoms with Crippen molar-refractivity contribution < 1.29 is 18.0 Å². The van der Waals surface area contributed by atoms with Crippen molar-refractivity contribution in [2.24, 2.45) is 0 Å². The first kappa shape index (κ1) is 19.1. The molecule has 0 fully saturated rings. The number of furan rings is 1. The SMILES string of the molecule is CCn1c(SCC(=O)Nc2c(F)cccc2F)nnc1-c1cc2ccccc2o1. The molecule has 29 heavy (non-hydrogen) atoms. The minimum Gasteiger partial charge on any atom is -0.453 e. The first-order valence-corrected chi connectivity index (χ1v) is 9.84. The standard InChI is InChI=1S/C20H16F2N4O2S/c1-2-26-19(16-10-12-6-3-4-9-15(12)28-16)24-25-20(26)29-11-17(27)23-18-13(21)7-5-8-14(18)22/h3-10H,2,11H2,1H3,(H,23,27). The van der Waals surface area contributed by atoms with Crippen LogP contribution in [0.1, 0.15) is 6.92 Å². The molecule has 0 aliphatic carbocycles. The number of carbonyl (C=O) groups excluding carboxylic acids is 1. The Morgan fingerprint density at radius 3 is 2.62 bits per heavy atom. The molecule has 0 atom stereocenters. The van der Waals surface area contributed by atoms with Crippen molar-refractivity contribution in [3.05, 3.63) is 60.2 Å². The molecule has 0 radical (unpaired) electrons. The number of hydrogen-bond acceptors (Lipinski definition) is 5. The second-order valence-corrected chi connectivity index (χ2v) is 7.07. The fraction of sp³-hybridized carbons (Fsp3) is 0.150. The maximum Gasteiger partial charge on any atom is 0.235 e.